The largest absolute Gasteiger partial charge is 0.491 e. The Hall–Kier alpha value is -2.32. The number of amides is 1. The Morgan fingerprint density at radius 1 is 1.39 bits per heavy atom. The SMILES string of the molecule is COCCOc1ccc(C=C(C#N)C(N)=O)cc1. The average Bonchev–Trinajstić information content (AvgIpc) is 2.37. The minimum Gasteiger partial charge on any atom is -0.491 e. The van der Waals surface area contributed by atoms with Crippen LogP contribution < -0.4 is 10.5 Å². The van der Waals surface area contributed by atoms with Crippen molar-refractivity contribution in [1.29, 1.82) is 5.26 Å². The fraction of sp³-hybridized carbons (Fsp3) is 0.231. The van der Waals surface area contributed by atoms with E-state index in [9.17, 15) is 4.79 Å². The molecule has 2 N–H and O–H groups in total. The maximum absolute atomic E-state index is 10.9. The molecule has 94 valence electrons. The van der Waals surface area contributed by atoms with Gasteiger partial charge in [-0.3, -0.25) is 4.79 Å². The second-order valence-electron chi connectivity index (χ2n) is 3.44. The Labute approximate surface area is 105 Å². The molecule has 1 amide bonds. The molecule has 1 aromatic carbocycles. The summed E-state index contributed by atoms with van der Waals surface area (Å²) >= 11 is 0. The van der Waals surface area contributed by atoms with Crippen molar-refractivity contribution >= 4 is 12.0 Å². The van der Waals surface area contributed by atoms with E-state index in [2.05, 4.69) is 0 Å². The Morgan fingerprint density at radius 2 is 2.06 bits per heavy atom. The average molecular weight is 246 g/mol. The Balaban J connectivity index is 2.71. The highest BCUT2D eigenvalue weighted by molar-refractivity contribution is 6.00. The number of hydrogen-bond acceptors (Lipinski definition) is 4. The summed E-state index contributed by atoms with van der Waals surface area (Å²) in [4.78, 5) is 10.9. The van der Waals surface area contributed by atoms with E-state index in [1.807, 2.05) is 0 Å². The van der Waals surface area contributed by atoms with Crippen molar-refractivity contribution in [2.24, 2.45) is 5.73 Å². The molecular weight excluding hydrogens is 232 g/mol. The second-order valence-corrected chi connectivity index (χ2v) is 3.44. The van der Waals surface area contributed by atoms with Crippen LogP contribution in [-0.4, -0.2) is 26.2 Å². The predicted molar refractivity (Wildman–Crippen MR) is 66.6 cm³/mol. The van der Waals surface area contributed by atoms with E-state index in [1.54, 1.807) is 37.4 Å². The van der Waals surface area contributed by atoms with E-state index in [0.717, 1.165) is 0 Å². The minimum absolute atomic E-state index is 0.0805. The lowest BCUT2D eigenvalue weighted by molar-refractivity contribution is -0.114. The molecule has 0 saturated carbocycles. The molecule has 0 bridgehead atoms. The van der Waals surface area contributed by atoms with Crippen LogP contribution in [0.1, 0.15) is 5.56 Å². The fourth-order valence-electron chi connectivity index (χ4n) is 1.23. The second kappa shape index (κ2) is 7.09. The maximum Gasteiger partial charge on any atom is 0.259 e. The van der Waals surface area contributed by atoms with Crippen LogP contribution in [-0.2, 0) is 9.53 Å². The molecule has 0 fully saturated rings. The van der Waals surface area contributed by atoms with E-state index in [0.29, 0.717) is 24.5 Å². The van der Waals surface area contributed by atoms with Gasteiger partial charge in [-0.15, -0.1) is 0 Å². The fourth-order valence-corrected chi connectivity index (χ4v) is 1.23. The zero-order valence-electron chi connectivity index (χ0n) is 10.1. The summed E-state index contributed by atoms with van der Waals surface area (Å²) in [6.45, 7) is 0.984. The summed E-state index contributed by atoms with van der Waals surface area (Å²) in [5.41, 5.74) is 5.67. The van der Waals surface area contributed by atoms with E-state index in [4.69, 9.17) is 20.5 Å². The van der Waals surface area contributed by atoms with E-state index < -0.39 is 5.91 Å². The molecule has 0 saturated heterocycles. The lowest BCUT2D eigenvalue weighted by Crippen LogP contribution is -2.12. The van der Waals surface area contributed by atoms with Gasteiger partial charge in [-0.05, 0) is 23.8 Å². The van der Waals surface area contributed by atoms with Crippen LogP contribution >= 0.6 is 0 Å². The molecule has 0 aliphatic carbocycles. The highest BCUT2D eigenvalue weighted by atomic mass is 16.5. The first kappa shape index (κ1) is 13.7. The van der Waals surface area contributed by atoms with Crippen molar-refractivity contribution in [3.8, 4) is 11.8 Å². The van der Waals surface area contributed by atoms with Crippen LogP contribution in [0.25, 0.3) is 6.08 Å². The number of rotatable bonds is 6. The topological polar surface area (TPSA) is 85.3 Å². The van der Waals surface area contributed by atoms with Gasteiger partial charge in [0.15, 0.2) is 0 Å². The van der Waals surface area contributed by atoms with E-state index in [-0.39, 0.29) is 5.57 Å². The van der Waals surface area contributed by atoms with E-state index >= 15 is 0 Å². The molecule has 0 atom stereocenters. The number of nitrogens with zero attached hydrogens (tertiary/aromatic N) is 1. The summed E-state index contributed by atoms with van der Waals surface area (Å²) in [6.07, 6.45) is 1.43. The van der Waals surface area contributed by atoms with Crippen LogP contribution in [0, 0.1) is 11.3 Å². The standard InChI is InChI=1S/C13H14N2O3/c1-17-6-7-18-12-4-2-10(3-5-12)8-11(9-14)13(15)16/h2-5,8H,6-7H2,1H3,(H2,15,16). The summed E-state index contributed by atoms with van der Waals surface area (Å²) in [5.74, 6) is -0.0419. The van der Waals surface area contributed by atoms with Gasteiger partial charge in [0.2, 0.25) is 0 Å². The molecule has 1 aromatic rings. The molecule has 18 heavy (non-hydrogen) atoms. The number of hydrogen-bond donors (Lipinski definition) is 1. The quantitative estimate of drug-likeness (QED) is 0.462. The van der Waals surface area contributed by atoms with Gasteiger partial charge in [0, 0.05) is 7.11 Å². The van der Waals surface area contributed by atoms with Gasteiger partial charge in [-0.2, -0.15) is 5.26 Å². The van der Waals surface area contributed by atoms with Crippen molar-refractivity contribution in [1.82, 2.24) is 0 Å². The number of methoxy groups -OCH3 is 1. The molecular formula is C13H14N2O3. The molecule has 0 radical (unpaired) electrons. The van der Waals surface area contributed by atoms with Crippen molar-refractivity contribution in [3.63, 3.8) is 0 Å². The number of benzene rings is 1. The van der Waals surface area contributed by atoms with Gasteiger partial charge in [0.05, 0.1) is 6.61 Å². The Morgan fingerprint density at radius 3 is 2.56 bits per heavy atom. The third kappa shape index (κ3) is 4.28. The van der Waals surface area contributed by atoms with Crippen molar-refractivity contribution < 1.29 is 14.3 Å². The lowest BCUT2D eigenvalue weighted by atomic mass is 10.1. The summed E-state index contributed by atoms with van der Waals surface area (Å²) in [6, 6.07) is 8.72. The van der Waals surface area contributed by atoms with Gasteiger partial charge < -0.3 is 15.2 Å². The third-order valence-corrected chi connectivity index (χ3v) is 2.13. The van der Waals surface area contributed by atoms with Gasteiger partial charge in [0.1, 0.15) is 24.0 Å². The Bertz CT molecular complexity index is 472. The summed E-state index contributed by atoms with van der Waals surface area (Å²) < 4.78 is 10.2. The van der Waals surface area contributed by atoms with Crippen LogP contribution in [0.15, 0.2) is 29.8 Å². The lowest BCUT2D eigenvalue weighted by Gasteiger charge is -2.05. The van der Waals surface area contributed by atoms with Crippen molar-refractivity contribution in [3.05, 3.63) is 35.4 Å². The highest BCUT2D eigenvalue weighted by Crippen LogP contribution is 2.14. The van der Waals surface area contributed by atoms with Crippen LogP contribution in [0.5, 0.6) is 5.75 Å². The van der Waals surface area contributed by atoms with Gasteiger partial charge >= 0.3 is 0 Å². The normalized spacial score (nSPS) is 10.8. The van der Waals surface area contributed by atoms with Gasteiger partial charge in [0.25, 0.3) is 5.91 Å². The number of nitrogens with two attached hydrogens (primary N) is 1. The maximum atomic E-state index is 10.9. The van der Waals surface area contributed by atoms with E-state index in [1.165, 1.54) is 6.08 Å². The molecule has 1 rings (SSSR count). The highest BCUT2D eigenvalue weighted by Gasteiger charge is 2.03. The summed E-state index contributed by atoms with van der Waals surface area (Å²) in [5, 5.41) is 8.70. The number of primary amides is 1. The smallest absolute Gasteiger partial charge is 0.259 e. The van der Waals surface area contributed by atoms with Crippen LogP contribution in [0.2, 0.25) is 0 Å². The first-order valence-corrected chi connectivity index (χ1v) is 5.30. The van der Waals surface area contributed by atoms with Gasteiger partial charge in [-0.25, -0.2) is 0 Å². The molecule has 5 nitrogen and oxygen atoms in total. The molecule has 0 heterocycles. The monoisotopic (exact) mass is 246 g/mol. The predicted octanol–water partition coefficient (Wildman–Crippen LogP) is 1.10. The molecule has 0 aliphatic rings. The number of carbonyl (C=O) groups excluding carboxylic acids is 1. The molecule has 0 aromatic heterocycles. The number of ether oxygens (including phenoxy) is 2. The zero-order chi connectivity index (χ0) is 13.4. The molecule has 0 unspecified atom stereocenters. The van der Waals surface area contributed by atoms with Crippen LogP contribution in [0.4, 0.5) is 0 Å². The first-order valence-electron chi connectivity index (χ1n) is 5.30. The zero-order valence-corrected chi connectivity index (χ0v) is 10.1. The minimum atomic E-state index is -0.738. The molecule has 0 aliphatic heterocycles. The number of carbonyl (C=O) groups is 1. The van der Waals surface area contributed by atoms with Gasteiger partial charge in [-0.1, -0.05) is 12.1 Å². The molecule has 5 heteroatoms. The molecule has 0 spiro atoms. The Kier molecular flexibility index (Phi) is 5.42. The number of nitriles is 1. The van der Waals surface area contributed by atoms with Crippen molar-refractivity contribution in [2.45, 2.75) is 0 Å². The van der Waals surface area contributed by atoms with Crippen molar-refractivity contribution in [2.75, 3.05) is 20.3 Å². The van der Waals surface area contributed by atoms with Crippen LogP contribution in [0.3, 0.4) is 0 Å². The third-order valence-electron chi connectivity index (χ3n) is 2.13. The first-order chi connectivity index (χ1) is 8.67. The summed E-state index contributed by atoms with van der Waals surface area (Å²) in [7, 11) is 1.60.